The van der Waals surface area contributed by atoms with Gasteiger partial charge in [-0.05, 0) is 43.2 Å². The highest BCUT2D eigenvalue weighted by atomic mass is 79.9. The van der Waals surface area contributed by atoms with E-state index in [4.69, 9.17) is 4.74 Å². The van der Waals surface area contributed by atoms with Crippen LogP contribution in [0.2, 0.25) is 0 Å². The second-order valence-corrected chi connectivity index (χ2v) is 7.80. The maximum atomic E-state index is 12.7. The van der Waals surface area contributed by atoms with Gasteiger partial charge in [0.1, 0.15) is 5.75 Å². The van der Waals surface area contributed by atoms with Crippen molar-refractivity contribution in [3.8, 4) is 5.75 Å². The number of halogens is 1. The number of para-hydroxylation sites is 1. The van der Waals surface area contributed by atoms with E-state index in [2.05, 4.69) is 21.2 Å². The van der Waals surface area contributed by atoms with Crippen molar-refractivity contribution in [2.24, 2.45) is 0 Å². The van der Waals surface area contributed by atoms with Crippen LogP contribution >= 0.6 is 15.9 Å². The number of ether oxygens (including phenoxy) is 1. The molecule has 1 N–H and O–H groups in total. The summed E-state index contributed by atoms with van der Waals surface area (Å²) in [5.41, 5.74) is 2.10. The summed E-state index contributed by atoms with van der Waals surface area (Å²) < 4.78 is 6.42. The molecule has 0 atom stereocenters. The van der Waals surface area contributed by atoms with Gasteiger partial charge in [-0.25, -0.2) is 0 Å². The van der Waals surface area contributed by atoms with Gasteiger partial charge in [-0.15, -0.1) is 0 Å². The number of rotatable bonds is 10. The Morgan fingerprint density at radius 2 is 1.83 bits per heavy atom. The number of Topliss-reactive ketones (excluding diaryl/α,β-unsaturated/α-hetero) is 1. The summed E-state index contributed by atoms with van der Waals surface area (Å²) in [5, 5.41) is 2.84. The molecular formula is C23H27BrN2O4. The summed E-state index contributed by atoms with van der Waals surface area (Å²) in [6, 6.07) is 12.6. The quantitative estimate of drug-likeness (QED) is 0.510. The first kappa shape index (κ1) is 23.6. The summed E-state index contributed by atoms with van der Waals surface area (Å²) in [6.07, 6.45) is 1.04. The summed E-state index contributed by atoms with van der Waals surface area (Å²) in [6.45, 7) is 5.74. The molecule has 0 radical (unpaired) electrons. The van der Waals surface area contributed by atoms with Crippen LogP contribution in [0.4, 0.5) is 5.69 Å². The molecule has 160 valence electrons. The molecule has 7 heteroatoms. The van der Waals surface area contributed by atoms with E-state index in [1.54, 1.807) is 25.1 Å². The Hall–Kier alpha value is -2.67. The number of carbonyl (C=O) groups is 3. The lowest BCUT2D eigenvalue weighted by Gasteiger charge is -2.22. The van der Waals surface area contributed by atoms with E-state index in [1.165, 1.54) is 4.90 Å². The van der Waals surface area contributed by atoms with Crippen molar-refractivity contribution in [1.29, 1.82) is 0 Å². The molecule has 0 aliphatic carbocycles. The molecule has 2 amide bonds. The SMILES string of the molecule is CCCN(CC(=O)Nc1ccccc1C)C(=O)COc1ccc(Br)cc1C(=O)CC. The lowest BCUT2D eigenvalue weighted by atomic mass is 10.1. The zero-order valence-electron chi connectivity index (χ0n) is 17.5. The molecule has 2 aromatic carbocycles. The van der Waals surface area contributed by atoms with E-state index in [0.717, 1.165) is 15.7 Å². The third-order valence-electron chi connectivity index (χ3n) is 4.51. The average Bonchev–Trinajstić information content (AvgIpc) is 2.73. The van der Waals surface area contributed by atoms with Gasteiger partial charge in [-0.2, -0.15) is 0 Å². The molecule has 0 heterocycles. The Kier molecular flexibility index (Phi) is 9.05. The van der Waals surface area contributed by atoms with Gasteiger partial charge in [0.15, 0.2) is 12.4 Å². The van der Waals surface area contributed by atoms with Crippen molar-refractivity contribution in [2.75, 3.05) is 25.0 Å². The third kappa shape index (κ3) is 6.69. The van der Waals surface area contributed by atoms with Gasteiger partial charge < -0.3 is 15.0 Å². The molecule has 2 rings (SSSR count). The number of amides is 2. The van der Waals surface area contributed by atoms with E-state index >= 15 is 0 Å². The van der Waals surface area contributed by atoms with Gasteiger partial charge in [0, 0.05) is 23.1 Å². The molecule has 0 spiro atoms. The fourth-order valence-corrected chi connectivity index (χ4v) is 3.27. The molecule has 6 nitrogen and oxygen atoms in total. The highest BCUT2D eigenvalue weighted by Crippen LogP contribution is 2.24. The zero-order valence-corrected chi connectivity index (χ0v) is 19.1. The predicted octanol–water partition coefficient (Wildman–Crippen LogP) is 4.61. The number of anilines is 1. The maximum absolute atomic E-state index is 12.7. The van der Waals surface area contributed by atoms with Crippen LogP contribution in [0.1, 0.15) is 42.6 Å². The number of carbonyl (C=O) groups excluding carboxylic acids is 3. The van der Waals surface area contributed by atoms with Gasteiger partial charge in [0.05, 0.1) is 12.1 Å². The first-order valence-corrected chi connectivity index (χ1v) is 10.7. The number of benzene rings is 2. The van der Waals surface area contributed by atoms with Crippen LogP contribution < -0.4 is 10.1 Å². The Balaban J connectivity index is 2.03. The number of nitrogens with one attached hydrogen (secondary N) is 1. The molecule has 0 saturated heterocycles. The fraction of sp³-hybridized carbons (Fsp3) is 0.348. The van der Waals surface area contributed by atoms with Crippen LogP contribution in [-0.2, 0) is 9.59 Å². The summed E-state index contributed by atoms with van der Waals surface area (Å²) in [7, 11) is 0. The molecule has 0 aliphatic rings. The van der Waals surface area contributed by atoms with Crippen molar-refractivity contribution >= 4 is 39.2 Å². The summed E-state index contributed by atoms with van der Waals surface area (Å²) in [5.74, 6) is -0.285. The van der Waals surface area contributed by atoms with E-state index in [1.807, 2.05) is 38.1 Å². The van der Waals surface area contributed by atoms with Gasteiger partial charge in [-0.1, -0.05) is 48.0 Å². The van der Waals surface area contributed by atoms with Crippen molar-refractivity contribution in [3.05, 3.63) is 58.1 Å². The lowest BCUT2D eigenvalue weighted by Crippen LogP contribution is -2.41. The standard InChI is InChI=1S/C23H27BrN2O4/c1-4-12-26(14-22(28)25-19-9-7-6-8-16(19)3)23(29)15-30-21-11-10-17(24)13-18(21)20(27)5-2/h6-11,13H,4-5,12,14-15H2,1-3H3,(H,25,28). The minimum absolute atomic E-state index is 0.0640. The van der Waals surface area contributed by atoms with Crippen LogP contribution in [-0.4, -0.2) is 42.2 Å². The van der Waals surface area contributed by atoms with E-state index < -0.39 is 0 Å². The summed E-state index contributed by atoms with van der Waals surface area (Å²) in [4.78, 5) is 38.8. The third-order valence-corrected chi connectivity index (χ3v) is 5.01. The lowest BCUT2D eigenvalue weighted by molar-refractivity contribution is -0.136. The first-order valence-electron chi connectivity index (χ1n) is 9.94. The molecule has 30 heavy (non-hydrogen) atoms. The summed E-state index contributed by atoms with van der Waals surface area (Å²) >= 11 is 3.35. The zero-order chi connectivity index (χ0) is 22.1. The van der Waals surface area contributed by atoms with Crippen LogP contribution in [0, 0.1) is 6.92 Å². The minimum Gasteiger partial charge on any atom is -0.483 e. The van der Waals surface area contributed by atoms with Crippen molar-refractivity contribution in [3.63, 3.8) is 0 Å². The largest absolute Gasteiger partial charge is 0.483 e. The minimum atomic E-state index is -0.311. The highest BCUT2D eigenvalue weighted by molar-refractivity contribution is 9.10. The van der Waals surface area contributed by atoms with Gasteiger partial charge in [-0.3, -0.25) is 14.4 Å². The van der Waals surface area contributed by atoms with Crippen molar-refractivity contribution in [2.45, 2.75) is 33.6 Å². The number of nitrogens with zero attached hydrogens (tertiary/aromatic N) is 1. The van der Waals surface area contributed by atoms with Crippen LogP contribution in [0.3, 0.4) is 0 Å². The predicted molar refractivity (Wildman–Crippen MR) is 121 cm³/mol. The molecule has 0 aromatic heterocycles. The maximum Gasteiger partial charge on any atom is 0.260 e. The van der Waals surface area contributed by atoms with Gasteiger partial charge >= 0.3 is 0 Å². The topological polar surface area (TPSA) is 75.7 Å². The number of hydrogen-bond acceptors (Lipinski definition) is 4. The van der Waals surface area contributed by atoms with E-state index in [0.29, 0.717) is 30.7 Å². The average molecular weight is 475 g/mol. The van der Waals surface area contributed by atoms with Gasteiger partial charge in [0.2, 0.25) is 5.91 Å². The molecular weight excluding hydrogens is 448 g/mol. The molecule has 0 saturated carbocycles. The number of aryl methyl sites for hydroxylation is 1. The normalized spacial score (nSPS) is 10.4. The molecule has 2 aromatic rings. The van der Waals surface area contributed by atoms with E-state index in [-0.39, 0.29) is 30.7 Å². The first-order chi connectivity index (χ1) is 14.3. The fourth-order valence-electron chi connectivity index (χ4n) is 2.91. The molecule has 0 aliphatic heterocycles. The Bertz CT molecular complexity index is 914. The van der Waals surface area contributed by atoms with E-state index in [9.17, 15) is 14.4 Å². The molecule has 0 unspecified atom stereocenters. The van der Waals surface area contributed by atoms with Crippen LogP contribution in [0.5, 0.6) is 5.75 Å². The van der Waals surface area contributed by atoms with Crippen molar-refractivity contribution < 1.29 is 19.1 Å². The van der Waals surface area contributed by atoms with Crippen molar-refractivity contribution in [1.82, 2.24) is 4.90 Å². The van der Waals surface area contributed by atoms with Gasteiger partial charge in [0.25, 0.3) is 5.91 Å². The highest BCUT2D eigenvalue weighted by Gasteiger charge is 2.19. The number of hydrogen-bond donors (Lipinski definition) is 1. The molecule has 0 bridgehead atoms. The molecule has 0 fully saturated rings. The Morgan fingerprint density at radius 3 is 2.50 bits per heavy atom. The smallest absolute Gasteiger partial charge is 0.260 e. The van der Waals surface area contributed by atoms with Crippen LogP contribution in [0.25, 0.3) is 0 Å². The van der Waals surface area contributed by atoms with Crippen LogP contribution in [0.15, 0.2) is 46.9 Å². The monoisotopic (exact) mass is 474 g/mol. The Morgan fingerprint density at radius 1 is 1.10 bits per heavy atom. The Labute approximate surface area is 185 Å². The number of ketones is 1. The second-order valence-electron chi connectivity index (χ2n) is 6.88. The second kappa shape index (κ2) is 11.5.